The van der Waals surface area contributed by atoms with Crippen molar-refractivity contribution in [2.24, 2.45) is 0 Å². The van der Waals surface area contributed by atoms with Gasteiger partial charge in [-0.25, -0.2) is 9.59 Å². The molecule has 7 heteroatoms. The number of halogens is 1. The zero-order valence-corrected chi connectivity index (χ0v) is 13.7. The first-order valence-corrected chi connectivity index (χ1v) is 7.42. The molecule has 3 N–H and O–H groups in total. The number of nitrogens with one attached hydrogen (secondary N) is 2. The van der Waals surface area contributed by atoms with Crippen LogP contribution in [0.15, 0.2) is 22.7 Å². The van der Waals surface area contributed by atoms with E-state index in [1.54, 1.807) is 6.07 Å². The molecule has 0 spiro atoms. The first kappa shape index (κ1) is 17.5. The van der Waals surface area contributed by atoms with Crippen molar-refractivity contribution in [3.63, 3.8) is 0 Å². The van der Waals surface area contributed by atoms with Crippen molar-refractivity contribution in [3.05, 3.63) is 28.2 Å². The van der Waals surface area contributed by atoms with Gasteiger partial charge >= 0.3 is 12.0 Å². The van der Waals surface area contributed by atoms with Crippen LogP contribution in [-0.4, -0.2) is 49.2 Å². The Morgan fingerprint density at radius 1 is 1.29 bits per heavy atom. The Kier molecular flexibility index (Phi) is 7.18. The van der Waals surface area contributed by atoms with Gasteiger partial charge in [-0.3, -0.25) is 0 Å². The molecule has 1 rings (SSSR count). The molecule has 21 heavy (non-hydrogen) atoms. The number of carbonyl (C=O) groups is 2. The maximum absolute atomic E-state index is 11.7. The fourth-order valence-corrected chi connectivity index (χ4v) is 2.15. The molecule has 0 aromatic heterocycles. The van der Waals surface area contributed by atoms with Gasteiger partial charge in [-0.2, -0.15) is 0 Å². The minimum Gasteiger partial charge on any atom is -0.478 e. The lowest BCUT2D eigenvalue weighted by Gasteiger charge is -2.11. The van der Waals surface area contributed by atoms with Gasteiger partial charge in [0.2, 0.25) is 0 Å². The number of unbranched alkanes of at least 4 members (excludes halogenated alkanes) is 1. The van der Waals surface area contributed by atoms with E-state index in [4.69, 9.17) is 5.11 Å². The number of nitrogens with zero attached hydrogens (tertiary/aromatic N) is 1. The van der Waals surface area contributed by atoms with Gasteiger partial charge in [0.25, 0.3) is 0 Å². The Balaban J connectivity index is 2.39. The summed E-state index contributed by atoms with van der Waals surface area (Å²) in [6.45, 7) is 1.59. The lowest BCUT2D eigenvalue weighted by Crippen LogP contribution is -2.30. The number of hydrogen-bond donors (Lipinski definition) is 3. The van der Waals surface area contributed by atoms with Gasteiger partial charge in [0.1, 0.15) is 0 Å². The van der Waals surface area contributed by atoms with Gasteiger partial charge in [0.05, 0.1) is 11.3 Å². The fourth-order valence-electron chi connectivity index (χ4n) is 1.67. The molecule has 0 unspecified atom stereocenters. The second kappa shape index (κ2) is 8.63. The SMILES string of the molecule is CN(C)CCCCNC(=O)Nc1ccc(C(=O)O)cc1Br. The van der Waals surface area contributed by atoms with Crippen LogP contribution in [0.4, 0.5) is 10.5 Å². The molecule has 1 aromatic carbocycles. The number of anilines is 1. The number of benzene rings is 1. The third-order valence-corrected chi connectivity index (χ3v) is 3.44. The summed E-state index contributed by atoms with van der Waals surface area (Å²) in [5.74, 6) is -1.01. The Morgan fingerprint density at radius 2 is 2.00 bits per heavy atom. The van der Waals surface area contributed by atoms with E-state index in [1.807, 2.05) is 14.1 Å². The van der Waals surface area contributed by atoms with Crippen LogP contribution in [0.3, 0.4) is 0 Å². The number of carbonyl (C=O) groups excluding carboxylic acids is 1. The third-order valence-electron chi connectivity index (χ3n) is 2.78. The molecule has 0 saturated heterocycles. The lowest BCUT2D eigenvalue weighted by atomic mass is 10.2. The van der Waals surface area contributed by atoms with Crippen LogP contribution in [0.1, 0.15) is 23.2 Å². The van der Waals surface area contributed by atoms with E-state index in [1.165, 1.54) is 12.1 Å². The predicted octanol–water partition coefficient (Wildman–Crippen LogP) is 2.61. The molecule has 6 nitrogen and oxygen atoms in total. The van der Waals surface area contributed by atoms with Crippen LogP contribution in [0.5, 0.6) is 0 Å². The minimum atomic E-state index is -1.01. The van der Waals surface area contributed by atoms with Crippen molar-refractivity contribution in [2.45, 2.75) is 12.8 Å². The van der Waals surface area contributed by atoms with Gasteiger partial charge in [-0.1, -0.05) is 0 Å². The van der Waals surface area contributed by atoms with E-state index in [0.717, 1.165) is 19.4 Å². The number of rotatable bonds is 7. The van der Waals surface area contributed by atoms with Crippen molar-refractivity contribution < 1.29 is 14.7 Å². The number of hydrogen-bond acceptors (Lipinski definition) is 3. The van der Waals surface area contributed by atoms with Crippen LogP contribution >= 0.6 is 15.9 Å². The zero-order chi connectivity index (χ0) is 15.8. The van der Waals surface area contributed by atoms with E-state index < -0.39 is 5.97 Å². The molecule has 0 heterocycles. The summed E-state index contributed by atoms with van der Waals surface area (Å²) < 4.78 is 0.533. The summed E-state index contributed by atoms with van der Waals surface area (Å²) in [4.78, 5) is 24.6. The molecule has 0 atom stereocenters. The molecule has 0 aliphatic heterocycles. The molecule has 0 aliphatic rings. The number of urea groups is 1. The summed E-state index contributed by atoms with van der Waals surface area (Å²) in [6, 6.07) is 4.15. The first-order valence-electron chi connectivity index (χ1n) is 6.62. The third kappa shape index (κ3) is 6.59. The number of carboxylic acid groups (broad SMARTS) is 1. The Morgan fingerprint density at radius 3 is 2.57 bits per heavy atom. The molecule has 116 valence electrons. The summed E-state index contributed by atoms with van der Waals surface area (Å²) in [5.41, 5.74) is 0.697. The van der Waals surface area contributed by atoms with Crippen LogP contribution < -0.4 is 10.6 Å². The molecule has 1 aromatic rings. The van der Waals surface area contributed by atoms with Crippen LogP contribution in [-0.2, 0) is 0 Å². The number of carboxylic acids is 1. The monoisotopic (exact) mass is 357 g/mol. The second-order valence-electron chi connectivity index (χ2n) is 4.89. The van der Waals surface area contributed by atoms with E-state index in [9.17, 15) is 9.59 Å². The Bertz CT molecular complexity index is 506. The molecular formula is C14H20BrN3O3. The normalized spacial score (nSPS) is 10.5. The molecule has 0 radical (unpaired) electrons. The van der Waals surface area contributed by atoms with E-state index in [-0.39, 0.29) is 11.6 Å². The summed E-state index contributed by atoms with van der Waals surface area (Å²) in [7, 11) is 4.02. The minimum absolute atomic E-state index is 0.163. The number of aromatic carboxylic acids is 1. The highest BCUT2D eigenvalue weighted by Crippen LogP contribution is 2.23. The standard InChI is InChI=1S/C14H20BrN3O3/c1-18(2)8-4-3-7-16-14(21)17-12-6-5-10(13(19)20)9-11(12)15/h5-6,9H,3-4,7-8H2,1-2H3,(H,19,20)(H2,16,17,21). The van der Waals surface area contributed by atoms with E-state index in [0.29, 0.717) is 16.7 Å². The van der Waals surface area contributed by atoms with E-state index in [2.05, 4.69) is 31.5 Å². The van der Waals surface area contributed by atoms with Gasteiger partial charge < -0.3 is 20.6 Å². The highest BCUT2D eigenvalue weighted by atomic mass is 79.9. The van der Waals surface area contributed by atoms with Gasteiger partial charge in [0.15, 0.2) is 0 Å². The Hall–Kier alpha value is -1.60. The van der Waals surface area contributed by atoms with Crippen LogP contribution in [0.2, 0.25) is 0 Å². The predicted molar refractivity (Wildman–Crippen MR) is 85.9 cm³/mol. The van der Waals surface area contributed by atoms with Gasteiger partial charge in [-0.05, 0) is 67.6 Å². The molecule has 0 saturated carbocycles. The van der Waals surface area contributed by atoms with E-state index >= 15 is 0 Å². The van der Waals surface area contributed by atoms with Crippen molar-refractivity contribution in [1.29, 1.82) is 0 Å². The van der Waals surface area contributed by atoms with Crippen LogP contribution in [0.25, 0.3) is 0 Å². The molecule has 0 bridgehead atoms. The average Bonchev–Trinajstić information content (AvgIpc) is 2.40. The highest BCUT2D eigenvalue weighted by molar-refractivity contribution is 9.10. The lowest BCUT2D eigenvalue weighted by molar-refractivity contribution is 0.0697. The van der Waals surface area contributed by atoms with Crippen molar-refractivity contribution in [2.75, 3.05) is 32.5 Å². The smallest absolute Gasteiger partial charge is 0.335 e. The summed E-state index contributed by atoms with van der Waals surface area (Å²) in [6.07, 6.45) is 1.93. The summed E-state index contributed by atoms with van der Waals surface area (Å²) >= 11 is 3.24. The topological polar surface area (TPSA) is 81.7 Å². The maximum atomic E-state index is 11.7. The maximum Gasteiger partial charge on any atom is 0.335 e. The molecular weight excluding hydrogens is 338 g/mol. The average molecular weight is 358 g/mol. The Labute approximate surface area is 132 Å². The van der Waals surface area contributed by atoms with Crippen molar-refractivity contribution >= 4 is 33.6 Å². The first-order chi connectivity index (χ1) is 9.90. The molecule has 2 amide bonds. The number of amides is 2. The molecule has 0 fully saturated rings. The van der Waals surface area contributed by atoms with Crippen molar-refractivity contribution in [3.8, 4) is 0 Å². The van der Waals surface area contributed by atoms with Crippen molar-refractivity contribution in [1.82, 2.24) is 10.2 Å². The quantitative estimate of drug-likeness (QED) is 0.655. The van der Waals surface area contributed by atoms with Gasteiger partial charge in [0, 0.05) is 11.0 Å². The highest BCUT2D eigenvalue weighted by Gasteiger charge is 2.08. The molecule has 0 aliphatic carbocycles. The zero-order valence-electron chi connectivity index (χ0n) is 12.1. The van der Waals surface area contributed by atoms with Gasteiger partial charge in [-0.15, -0.1) is 0 Å². The summed E-state index contributed by atoms with van der Waals surface area (Å²) in [5, 5.41) is 14.3. The fraction of sp³-hybridized carbons (Fsp3) is 0.429. The van der Waals surface area contributed by atoms with Crippen LogP contribution in [0, 0.1) is 0 Å². The largest absolute Gasteiger partial charge is 0.478 e. The second-order valence-corrected chi connectivity index (χ2v) is 5.75.